The van der Waals surface area contributed by atoms with Crippen molar-refractivity contribution < 1.29 is 4.74 Å². The SMILES string of the molecule is Cc1ccc2c(OCCN3CCC(=Cc4cccc(N5C[C@@H](C)NC[C@@H]5C)c4)CC3)cccc2n1. The fraction of sp³-hybridized carbons (Fsp3) is 0.433. The van der Waals surface area contributed by atoms with E-state index in [4.69, 9.17) is 4.74 Å². The zero-order valence-corrected chi connectivity index (χ0v) is 21.3. The number of rotatable bonds is 6. The fourth-order valence-corrected chi connectivity index (χ4v) is 5.26. The standard InChI is InChI=1S/C30H38N4O/c1-22-10-11-28-29(32-22)8-5-9-30(28)35-17-16-33-14-12-25(13-15-33)18-26-6-4-7-27(19-26)34-21-23(2)31-20-24(34)3/h4-11,18-19,23-24,31H,12-17,20-21H2,1-3H3/t23-,24+/m1/s1. The lowest BCUT2D eigenvalue weighted by Gasteiger charge is -2.39. The van der Waals surface area contributed by atoms with Crippen molar-refractivity contribution in [2.75, 3.05) is 44.2 Å². The molecule has 2 aromatic carbocycles. The molecule has 35 heavy (non-hydrogen) atoms. The summed E-state index contributed by atoms with van der Waals surface area (Å²) >= 11 is 0. The summed E-state index contributed by atoms with van der Waals surface area (Å²) in [6, 6.07) is 20.4. The monoisotopic (exact) mass is 470 g/mol. The van der Waals surface area contributed by atoms with Crippen LogP contribution in [0.2, 0.25) is 0 Å². The quantitative estimate of drug-likeness (QED) is 0.530. The molecule has 0 amide bonds. The minimum absolute atomic E-state index is 0.522. The zero-order valence-electron chi connectivity index (χ0n) is 21.3. The molecule has 5 heteroatoms. The van der Waals surface area contributed by atoms with Crippen molar-refractivity contribution in [3.63, 3.8) is 0 Å². The Morgan fingerprint density at radius 1 is 1.06 bits per heavy atom. The highest BCUT2D eigenvalue weighted by Crippen LogP contribution is 2.26. The van der Waals surface area contributed by atoms with E-state index in [2.05, 4.69) is 70.4 Å². The molecule has 2 aliphatic rings. The summed E-state index contributed by atoms with van der Waals surface area (Å²) in [5.74, 6) is 0.931. The molecule has 2 fully saturated rings. The molecule has 3 aromatic rings. The van der Waals surface area contributed by atoms with Gasteiger partial charge in [0.15, 0.2) is 0 Å². The number of hydrogen-bond donors (Lipinski definition) is 1. The number of nitrogens with zero attached hydrogens (tertiary/aromatic N) is 3. The first-order valence-electron chi connectivity index (χ1n) is 13.1. The second kappa shape index (κ2) is 10.8. The van der Waals surface area contributed by atoms with Gasteiger partial charge in [-0.3, -0.25) is 9.88 Å². The van der Waals surface area contributed by atoms with Gasteiger partial charge < -0.3 is 15.0 Å². The zero-order chi connectivity index (χ0) is 24.2. The molecule has 2 saturated heterocycles. The van der Waals surface area contributed by atoms with Crippen molar-refractivity contribution in [1.29, 1.82) is 0 Å². The van der Waals surface area contributed by atoms with Crippen molar-refractivity contribution in [3.8, 4) is 5.75 Å². The maximum Gasteiger partial charge on any atom is 0.128 e. The maximum absolute atomic E-state index is 6.17. The minimum Gasteiger partial charge on any atom is -0.492 e. The third-order valence-corrected chi connectivity index (χ3v) is 7.33. The van der Waals surface area contributed by atoms with Gasteiger partial charge in [-0.2, -0.15) is 0 Å². The molecule has 184 valence electrons. The van der Waals surface area contributed by atoms with E-state index in [9.17, 15) is 0 Å². The number of aromatic nitrogens is 1. The van der Waals surface area contributed by atoms with Crippen LogP contribution in [0.4, 0.5) is 5.69 Å². The fourth-order valence-electron chi connectivity index (χ4n) is 5.26. The van der Waals surface area contributed by atoms with Crippen molar-refractivity contribution in [1.82, 2.24) is 15.2 Å². The van der Waals surface area contributed by atoms with Crippen LogP contribution in [-0.2, 0) is 0 Å². The number of piperidine rings is 1. The Kier molecular flexibility index (Phi) is 7.35. The predicted molar refractivity (Wildman–Crippen MR) is 146 cm³/mol. The first-order valence-corrected chi connectivity index (χ1v) is 13.1. The van der Waals surface area contributed by atoms with Gasteiger partial charge in [-0.15, -0.1) is 0 Å². The highest BCUT2D eigenvalue weighted by atomic mass is 16.5. The second-order valence-corrected chi connectivity index (χ2v) is 10.2. The Labute approximate surface area is 209 Å². The number of hydrogen-bond acceptors (Lipinski definition) is 5. The van der Waals surface area contributed by atoms with E-state index in [-0.39, 0.29) is 0 Å². The van der Waals surface area contributed by atoms with Crippen molar-refractivity contribution in [3.05, 3.63) is 71.4 Å². The molecule has 0 radical (unpaired) electrons. The molecule has 5 nitrogen and oxygen atoms in total. The van der Waals surface area contributed by atoms with Crippen LogP contribution in [0.5, 0.6) is 5.75 Å². The second-order valence-electron chi connectivity index (χ2n) is 10.2. The Balaban J connectivity index is 1.14. The van der Waals surface area contributed by atoms with E-state index in [1.807, 2.05) is 31.2 Å². The number of anilines is 1. The predicted octanol–water partition coefficient (Wildman–Crippen LogP) is 5.29. The summed E-state index contributed by atoms with van der Waals surface area (Å²) in [5.41, 5.74) is 6.25. The Hall–Kier alpha value is -2.89. The number of likely N-dealkylation sites (tertiary alicyclic amines) is 1. The maximum atomic E-state index is 6.17. The van der Waals surface area contributed by atoms with Crippen LogP contribution in [0.25, 0.3) is 17.0 Å². The molecule has 1 aromatic heterocycles. The van der Waals surface area contributed by atoms with Crippen LogP contribution in [0, 0.1) is 6.92 Å². The highest BCUT2D eigenvalue weighted by Gasteiger charge is 2.22. The molecule has 3 heterocycles. The van der Waals surface area contributed by atoms with Gasteiger partial charge in [0.25, 0.3) is 0 Å². The van der Waals surface area contributed by atoms with Crippen LogP contribution < -0.4 is 15.0 Å². The minimum atomic E-state index is 0.522. The third kappa shape index (κ3) is 5.85. The van der Waals surface area contributed by atoms with E-state index in [0.717, 1.165) is 67.9 Å². The number of ether oxygens (including phenoxy) is 1. The van der Waals surface area contributed by atoms with Gasteiger partial charge in [0.2, 0.25) is 0 Å². The van der Waals surface area contributed by atoms with Crippen LogP contribution in [0.1, 0.15) is 37.9 Å². The van der Waals surface area contributed by atoms with Crippen LogP contribution in [0.3, 0.4) is 0 Å². The number of benzene rings is 2. The smallest absolute Gasteiger partial charge is 0.128 e. The normalized spacial score (nSPS) is 21.3. The lowest BCUT2D eigenvalue weighted by Crippen LogP contribution is -2.54. The molecule has 0 saturated carbocycles. The summed E-state index contributed by atoms with van der Waals surface area (Å²) in [7, 11) is 0. The van der Waals surface area contributed by atoms with Crippen LogP contribution >= 0.6 is 0 Å². The largest absolute Gasteiger partial charge is 0.492 e. The molecule has 2 atom stereocenters. The van der Waals surface area contributed by atoms with E-state index < -0.39 is 0 Å². The van der Waals surface area contributed by atoms with Gasteiger partial charge >= 0.3 is 0 Å². The number of aryl methyl sites for hydroxylation is 1. The number of piperazine rings is 1. The summed E-state index contributed by atoms with van der Waals surface area (Å²) in [5, 5.41) is 4.67. The number of pyridine rings is 1. The molecule has 0 unspecified atom stereocenters. The van der Waals surface area contributed by atoms with Crippen molar-refractivity contribution in [2.24, 2.45) is 0 Å². The lowest BCUT2D eigenvalue weighted by molar-refractivity contribution is 0.200. The Morgan fingerprint density at radius 2 is 1.89 bits per heavy atom. The van der Waals surface area contributed by atoms with Gasteiger partial charge in [-0.25, -0.2) is 0 Å². The van der Waals surface area contributed by atoms with Crippen LogP contribution in [0.15, 0.2) is 60.2 Å². The average molecular weight is 471 g/mol. The molecular weight excluding hydrogens is 432 g/mol. The third-order valence-electron chi connectivity index (χ3n) is 7.33. The van der Waals surface area contributed by atoms with Crippen LogP contribution in [-0.4, -0.2) is 61.3 Å². The first kappa shape index (κ1) is 23.8. The van der Waals surface area contributed by atoms with Gasteiger partial charge in [0, 0.05) is 61.6 Å². The molecule has 2 aliphatic heterocycles. The van der Waals surface area contributed by atoms with Gasteiger partial charge in [0.05, 0.1) is 5.52 Å². The number of nitrogens with one attached hydrogen (secondary N) is 1. The van der Waals surface area contributed by atoms with Gasteiger partial charge in [-0.05, 0) is 75.6 Å². The van der Waals surface area contributed by atoms with Gasteiger partial charge in [0.1, 0.15) is 12.4 Å². The van der Waals surface area contributed by atoms with Gasteiger partial charge in [-0.1, -0.05) is 29.8 Å². The summed E-state index contributed by atoms with van der Waals surface area (Å²) in [4.78, 5) is 9.67. The highest BCUT2D eigenvalue weighted by molar-refractivity contribution is 5.85. The number of fused-ring (bicyclic) bond motifs is 1. The molecule has 0 bridgehead atoms. The topological polar surface area (TPSA) is 40.6 Å². The molecule has 0 spiro atoms. The average Bonchev–Trinajstić information content (AvgIpc) is 2.86. The van der Waals surface area contributed by atoms with E-state index in [0.29, 0.717) is 18.7 Å². The van der Waals surface area contributed by atoms with E-state index in [1.165, 1.54) is 11.3 Å². The Morgan fingerprint density at radius 3 is 2.74 bits per heavy atom. The van der Waals surface area contributed by atoms with Crippen molar-refractivity contribution in [2.45, 2.75) is 45.7 Å². The molecule has 0 aliphatic carbocycles. The van der Waals surface area contributed by atoms with E-state index in [1.54, 1.807) is 5.57 Å². The van der Waals surface area contributed by atoms with E-state index >= 15 is 0 Å². The summed E-state index contributed by atoms with van der Waals surface area (Å²) in [6.45, 7) is 12.6. The molecule has 5 rings (SSSR count). The molecular formula is C30H38N4O. The molecule has 1 N–H and O–H groups in total. The first-order chi connectivity index (χ1) is 17.0. The summed E-state index contributed by atoms with van der Waals surface area (Å²) < 4.78 is 6.17. The summed E-state index contributed by atoms with van der Waals surface area (Å²) in [6.07, 6.45) is 4.67. The Bertz CT molecular complexity index is 1180. The lowest BCUT2D eigenvalue weighted by atomic mass is 10.0. The van der Waals surface area contributed by atoms with Crippen molar-refractivity contribution >= 4 is 22.7 Å².